The molecule has 2 heterocycles. The number of nitrogens with two attached hydrogens (primary N) is 1. The average molecular weight is 262 g/mol. The van der Waals surface area contributed by atoms with E-state index in [1.54, 1.807) is 6.20 Å². The summed E-state index contributed by atoms with van der Waals surface area (Å²) in [5, 5.41) is 0. The lowest BCUT2D eigenvalue weighted by Crippen LogP contribution is -2.38. The second-order valence-electron chi connectivity index (χ2n) is 5.20. The van der Waals surface area contributed by atoms with Crippen LogP contribution < -0.4 is 21.6 Å². The van der Waals surface area contributed by atoms with E-state index in [1.807, 2.05) is 12.1 Å². The third-order valence-electron chi connectivity index (χ3n) is 4.15. The molecule has 1 aliphatic heterocycles. The number of nitrogens with one attached hydrogen (secondary N) is 2. The van der Waals surface area contributed by atoms with Gasteiger partial charge in [-0.25, -0.2) is 5.84 Å². The molecule has 1 saturated carbocycles. The van der Waals surface area contributed by atoms with Gasteiger partial charge in [0.25, 0.3) is 0 Å². The van der Waals surface area contributed by atoms with Crippen molar-refractivity contribution in [3.05, 3.63) is 24.0 Å². The highest BCUT2D eigenvalue weighted by Gasteiger charge is 2.36. The van der Waals surface area contributed by atoms with Crippen molar-refractivity contribution in [3.63, 3.8) is 0 Å². The van der Waals surface area contributed by atoms with Crippen LogP contribution >= 0.6 is 0 Å². The zero-order valence-corrected chi connectivity index (χ0v) is 10.6. The Hall–Kier alpha value is -1.66. The molecule has 0 aromatic carbocycles. The van der Waals surface area contributed by atoms with Crippen LogP contribution in [0.1, 0.15) is 37.4 Å². The molecule has 4 N–H and O–H groups in total. The highest BCUT2D eigenvalue weighted by molar-refractivity contribution is 5.77. The van der Waals surface area contributed by atoms with Crippen LogP contribution in [0.15, 0.2) is 18.3 Å². The van der Waals surface area contributed by atoms with Crippen molar-refractivity contribution >= 4 is 5.91 Å². The van der Waals surface area contributed by atoms with Gasteiger partial charge >= 0.3 is 0 Å². The Bertz CT molecular complexity index is 471. The van der Waals surface area contributed by atoms with Crippen molar-refractivity contribution in [2.75, 3.05) is 0 Å². The highest BCUT2D eigenvalue weighted by atomic mass is 16.7. The van der Waals surface area contributed by atoms with Gasteiger partial charge in [-0.3, -0.25) is 15.2 Å². The van der Waals surface area contributed by atoms with Crippen molar-refractivity contribution in [3.8, 4) is 5.75 Å². The fourth-order valence-corrected chi connectivity index (χ4v) is 3.06. The van der Waals surface area contributed by atoms with Gasteiger partial charge in [-0.1, -0.05) is 0 Å². The molecular weight excluding hydrogens is 244 g/mol. The predicted molar refractivity (Wildman–Crippen MR) is 68.5 cm³/mol. The number of amides is 1. The minimum Gasteiger partial charge on any atom is -0.406 e. The van der Waals surface area contributed by atoms with Crippen LogP contribution in [0.5, 0.6) is 5.75 Å². The molecule has 0 bridgehead atoms. The normalized spacial score (nSPS) is 29.4. The lowest BCUT2D eigenvalue weighted by molar-refractivity contribution is -0.126. The van der Waals surface area contributed by atoms with Crippen LogP contribution in [0.4, 0.5) is 0 Å². The Labute approximate surface area is 111 Å². The van der Waals surface area contributed by atoms with E-state index in [1.165, 1.54) is 0 Å². The second-order valence-corrected chi connectivity index (χ2v) is 5.20. The summed E-state index contributed by atoms with van der Waals surface area (Å²) in [6.45, 7) is 0. The van der Waals surface area contributed by atoms with Gasteiger partial charge in [-0.05, 0) is 43.7 Å². The molecule has 1 atom stereocenters. The van der Waals surface area contributed by atoms with Gasteiger partial charge < -0.3 is 4.84 Å². The number of hydrazine groups is 1. The molecule has 1 aromatic heterocycles. The maximum absolute atomic E-state index is 11.5. The Morgan fingerprint density at radius 3 is 2.95 bits per heavy atom. The molecule has 3 rings (SSSR count). The van der Waals surface area contributed by atoms with Crippen LogP contribution in [-0.4, -0.2) is 10.9 Å². The van der Waals surface area contributed by atoms with E-state index in [4.69, 9.17) is 10.7 Å². The Kier molecular flexibility index (Phi) is 3.35. The molecule has 0 saturated heterocycles. The maximum atomic E-state index is 11.5. The third-order valence-corrected chi connectivity index (χ3v) is 4.15. The van der Waals surface area contributed by atoms with Crippen LogP contribution in [0.2, 0.25) is 0 Å². The number of carbonyl (C=O) groups is 1. The first-order valence-electron chi connectivity index (χ1n) is 6.67. The van der Waals surface area contributed by atoms with Gasteiger partial charge in [-0.2, -0.15) is 0 Å². The third kappa shape index (κ3) is 2.29. The number of aromatic nitrogens is 1. The molecule has 19 heavy (non-hydrogen) atoms. The lowest BCUT2D eigenvalue weighted by Gasteiger charge is -2.30. The monoisotopic (exact) mass is 262 g/mol. The van der Waals surface area contributed by atoms with Crippen molar-refractivity contribution in [2.45, 2.75) is 31.7 Å². The summed E-state index contributed by atoms with van der Waals surface area (Å²) in [5.41, 5.74) is 6.29. The summed E-state index contributed by atoms with van der Waals surface area (Å²) in [6, 6.07) is 3.92. The zero-order valence-electron chi connectivity index (χ0n) is 10.6. The Morgan fingerprint density at radius 2 is 2.21 bits per heavy atom. The first-order valence-corrected chi connectivity index (χ1v) is 6.67. The van der Waals surface area contributed by atoms with Crippen molar-refractivity contribution in [2.24, 2.45) is 17.7 Å². The first-order chi connectivity index (χ1) is 9.29. The van der Waals surface area contributed by atoms with E-state index in [9.17, 15) is 4.79 Å². The molecule has 6 heteroatoms. The molecular formula is C13H18N4O2. The number of rotatable bonds is 2. The van der Waals surface area contributed by atoms with Crippen LogP contribution in [0.3, 0.4) is 0 Å². The summed E-state index contributed by atoms with van der Waals surface area (Å²) in [7, 11) is 0. The summed E-state index contributed by atoms with van der Waals surface area (Å²) in [6.07, 6.45) is 5.49. The minimum atomic E-state index is -0.0485. The highest BCUT2D eigenvalue weighted by Crippen LogP contribution is 2.41. The average Bonchev–Trinajstić information content (AvgIpc) is 2.90. The molecule has 0 spiro atoms. The number of nitrogens with zero attached hydrogens (tertiary/aromatic N) is 1. The number of fused-ring (bicyclic) bond motifs is 1. The second kappa shape index (κ2) is 5.14. The zero-order chi connectivity index (χ0) is 13.2. The van der Waals surface area contributed by atoms with Crippen molar-refractivity contribution in [1.82, 2.24) is 15.9 Å². The van der Waals surface area contributed by atoms with Crippen LogP contribution in [0, 0.1) is 11.8 Å². The van der Waals surface area contributed by atoms with Crippen molar-refractivity contribution < 1.29 is 9.63 Å². The molecule has 1 aromatic rings. The minimum absolute atomic E-state index is 0.0479. The summed E-state index contributed by atoms with van der Waals surface area (Å²) in [4.78, 5) is 21.4. The van der Waals surface area contributed by atoms with Crippen LogP contribution in [0.25, 0.3) is 0 Å². The van der Waals surface area contributed by atoms with Crippen molar-refractivity contribution in [1.29, 1.82) is 0 Å². The SMILES string of the molecule is NNC(=O)[C@H]1CC[C@H](C2NOc3cccnc32)CC1. The fraction of sp³-hybridized carbons (Fsp3) is 0.538. The quantitative estimate of drug-likeness (QED) is 0.417. The number of hydroxylamine groups is 1. The van der Waals surface area contributed by atoms with E-state index in [0.717, 1.165) is 37.1 Å². The maximum Gasteiger partial charge on any atom is 0.236 e. The Balaban J connectivity index is 1.65. The van der Waals surface area contributed by atoms with E-state index >= 15 is 0 Å². The topological polar surface area (TPSA) is 89.3 Å². The first kappa shape index (κ1) is 12.4. The standard InChI is InChI=1S/C13H18N4O2/c14-16-13(18)9-5-3-8(4-6-9)11-12-10(19-17-11)2-1-7-15-12/h1-2,7-9,11,17H,3-6,14H2,(H,16,18)/t8-,9-,11?. The molecule has 1 unspecified atom stereocenters. The van der Waals surface area contributed by atoms with Gasteiger partial charge in [0.15, 0.2) is 5.75 Å². The van der Waals surface area contributed by atoms with Gasteiger partial charge in [0.1, 0.15) is 5.69 Å². The molecule has 2 aliphatic rings. The fourth-order valence-electron chi connectivity index (χ4n) is 3.06. The molecule has 1 fully saturated rings. The summed E-state index contributed by atoms with van der Waals surface area (Å²) in [5.74, 6) is 6.45. The van der Waals surface area contributed by atoms with Crippen LogP contribution in [-0.2, 0) is 4.79 Å². The number of carbonyl (C=O) groups excluding carboxylic acids is 1. The van der Waals surface area contributed by atoms with E-state index < -0.39 is 0 Å². The molecule has 102 valence electrons. The molecule has 1 aliphatic carbocycles. The van der Waals surface area contributed by atoms with E-state index in [2.05, 4.69) is 15.9 Å². The van der Waals surface area contributed by atoms with E-state index in [-0.39, 0.29) is 17.9 Å². The number of hydrogen-bond donors (Lipinski definition) is 3. The van der Waals surface area contributed by atoms with Gasteiger partial charge in [-0.15, -0.1) is 5.48 Å². The molecule has 1 amide bonds. The Morgan fingerprint density at radius 1 is 1.42 bits per heavy atom. The molecule has 6 nitrogen and oxygen atoms in total. The van der Waals surface area contributed by atoms with Gasteiger partial charge in [0.2, 0.25) is 5.91 Å². The van der Waals surface area contributed by atoms with Gasteiger partial charge in [0.05, 0.1) is 6.04 Å². The smallest absolute Gasteiger partial charge is 0.236 e. The summed E-state index contributed by atoms with van der Waals surface area (Å²) >= 11 is 0. The molecule has 0 radical (unpaired) electrons. The predicted octanol–water partition coefficient (Wildman–Crippen LogP) is 0.816. The largest absolute Gasteiger partial charge is 0.406 e. The number of pyridine rings is 1. The summed E-state index contributed by atoms with van der Waals surface area (Å²) < 4.78 is 0. The van der Waals surface area contributed by atoms with E-state index in [0.29, 0.717) is 5.92 Å². The lowest BCUT2D eigenvalue weighted by atomic mass is 9.77. The van der Waals surface area contributed by atoms with Gasteiger partial charge in [0, 0.05) is 12.1 Å². The number of hydrogen-bond acceptors (Lipinski definition) is 5.